The van der Waals surface area contributed by atoms with Gasteiger partial charge in [-0.1, -0.05) is 20.4 Å². The summed E-state index contributed by atoms with van der Waals surface area (Å²) in [5.41, 5.74) is 1.29. The highest BCUT2D eigenvalue weighted by Crippen LogP contribution is 2.34. The lowest BCUT2D eigenvalue weighted by molar-refractivity contribution is 0.251. The fraction of sp³-hybridized carbons (Fsp3) is 0.846. The summed E-state index contributed by atoms with van der Waals surface area (Å²) >= 11 is 0. The van der Waals surface area contributed by atoms with Gasteiger partial charge >= 0.3 is 0 Å². The first kappa shape index (κ1) is 12.7. The van der Waals surface area contributed by atoms with Gasteiger partial charge in [0.2, 0.25) is 0 Å². The quantitative estimate of drug-likeness (QED) is 0.649. The molecule has 1 rings (SSSR count). The van der Waals surface area contributed by atoms with E-state index in [1.54, 1.807) is 0 Å². The van der Waals surface area contributed by atoms with Crippen molar-refractivity contribution in [2.75, 3.05) is 20.1 Å². The molecule has 0 aliphatic heterocycles. The van der Waals surface area contributed by atoms with Crippen LogP contribution in [0, 0.1) is 5.92 Å². The fourth-order valence-electron chi connectivity index (χ4n) is 1.84. The zero-order chi connectivity index (χ0) is 11.4. The minimum Gasteiger partial charge on any atom is -0.311 e. The van der Waals surface area contributed by atoms with Crippen LogP contribution in [-0.2, 0) is 0 Å². The maximum absolute atomic E-state index is 4.12. The van der Waals surface area contributed by atoms with Crippen LogP contribution in [0.4, 0.5) is 0 Å². The minimum absolute atomic E-state index is 0.549. The molecule has 0 spiro atoms. The molecule has 1 aliphatic rings. The molecule has 0 radical (unpaired) electrons. The molecule has 1 aliphatic carbocycles. The summed E-state index contributed by atoms with van der Waals surface area (Å²) in [6.07, 6.45) is 2.84. The van der Waals surface area contributed by atoms with Crippen molar-refractivity contribution >= 4 is 0 Å². The van der Waals surface area contributed by atoms with E-state index >= 15 is 0 Å². The summed E-state index contributed by atoms with van der Waals surface area (Å²) in [4.78, 5) is 2.43. The van der Waals surface area contributed by atoms with Crippen molar-refractivity contribution in [2.24, 2.45) is 5.92 Å². The third kappa shape index (κ3) is 4.80. The summed E-state index contributed by atoms with van der Waals surface area (Å²) in [6.45, 7) is 12.8. The summed E-state index contributed by atoms with van der Waals surface area (Å²) in [6, 6.07) is 1.27. The van der Waals surface area contributed by atoms with Crippen LogP contribution >= 0.6 is 0 Å². The standard InChI is InChI=1S/C13H26N2/c1-10(2)14-8-11(3)9-15(5)12(4)13-6-7-13/h10,12-14H,3,6-9H2,1-2,4-5H3. The van der Waals surface area contributed by atoms with Crippen LogP contribution in [-0.4, -0.2) is 37.1 Å². The van der Waals surface area contributed by atoms with Crippen molar-refractivity contribution in [2.45, 2.75) is 45.7 Å². The summed E-state index contributed by atoms with van der Waals surface area (Å²) in [5.74, 6) is 0.945. The Morgan fingerprint density at radius 2 is 2.00 bits per heavy atom. The van der Waals surface area contributed by atoms with E-state index in [9.17, 15) is 0 Å². The SMILES string of the molecule is C=C(CNC(C)C)CN(C)C(C)C1CC1. The molecule has 2 heteroatoms. The second kappa shape index (κ2) is 5.66. The van der Waals surface area contributed by atoms with Crippen LogP contribution in [0.3, 0.4) is 0 Å². The van der Waals surface area contributed by atoms with Gasteiger partial charge in [-0.25, -0.2) is 0 Å². The van der Waals surface area contributed by atoms with Gasteiger partial charge in [-0.05, 0) is 38.3 Å². The Morgan fingerprint density at radius 1 is 1.40 bits per heavy atom. The lowest BCUT2D eigenvalue weighted by atomic mass is 10.1. The zero-order valence-electron chi connectivity index (χ0n) is 10.7. The number of nitrogens with zero attached hydrogens (tertiary/aromatic N) is 1. The average molecular weight is 210 g/mol. The van der Waals surface area contributed by atoms with Crippen LogP contribution in [0.2, 0.25) is 0 Å². The zero-order valence-corrected chi connectivity index (χ0v) is 10.7. The molecule has 0 saturated heterocycles. The molecule has 88 valence electrons. The van der Waals surface area contributed by atoms with Crippen LogP contribution in [0.25, 0.3) is 0 Å². The van der Waals surface area contributed by atoms with Crippen molar-refractivity contribution in [3.8, 4) is 0 Å². The Balaban J connectivity index is 2.18. The molecule has 0 bridgehead atoms. The topological polar surface area (TPSA) is 15.3 Å². The largest absolute Gasteiger partial charge is 0.311 e. The predicted octanol–water partition coefficient (Wildman–Crippen LogP) is 2.27. The number of nitrogens with one attached hydrogen (secondary N) is 1. The van der Waals surface area contributed by atoms with Crippen LogP contribution in [0.5, 0.6) is 0 Å². The van der Waals surface area contributed by atoms with E-state index in [1.807, 2.05) is 0 Å². The lowest BCUT2D eigenvalue weighted by Crippen LogP contribution is -2.35. The van der Waals surface area contributed by atoms with E-state index in [0.29, 0.717) is 6.04 Å². The minimum atomic E-state index is 0.549. The monoisotopic (exact) mass is 210 g/mol. The smallest absolute Gasteiger partial charge is 0.0202 e. The van der Waals surface area contributed by atoms with Gasteiger partial charge in [0.1, 0.15) is 0 Å². The fourth-order valence-corrected chi connectivity index (χ4v) is 1.84. The highest BCUT2D eigenvalue weighted by Gasteiger charge is 2.30. The van der Waals surface area contributed by atoms with Crippen molar-refractivity contribution in [1.29, 1.82) is 0 Å². The van der Waals surface area contributed by atoms with E-state index in [-0.39, 0.29) is 0 Å². The summed E-state index contributed by atoms with van der Waals surface area (Å²) < 4.78 is 0. The number of likely N-dealkylation sites (N-methyl/N-ethyl adjacent to an activating group) is 1. The van der Waals surface area contributed by atoms with E-state index in [0.717, 1.165) is 25.0 Å². The maximum Gasteiger partial charge on any atom is 0.0202 e. The molecule has 1 atom stereocenters. The molecule has 0 heterocycles. The van der Waals surface area contributed by atoms with E-state index in [2.05, 4.69) is 44.6 Å². The van der Waals surface area contributed by atoms with Crippen molar-refractivity contribution in [3.63, 3.8) is 0 Å². The highest BCUT2D eigenvalue weighted by molar-refractivity contribution is 5.01. The van der Waals surface area contributed by atoms with Crippen molar-refractivity contribution in [3.05, 3.63) is 12.2 Å². The second-order valence-corrected chi connectivity index (χ2v) is 5.28. The van der Waals surface area contributed by atoms with E-state index in [1.165, 1.54) is 18.4 Å². The highest BCUT2D eigenvalue weighted by atomic mass is 15.1. The van der Waals surface area contributed by atoms with Crippen LogP contribution in [0.15, 0.2) is 12.2 Å². The molecule has 0 aromatic heterocycles. The normalized spacial score (nSPS) is 18.5. The molecule has 1 unspecified atom stereocenters. The van der Waals surface area contributed by atoms with E-state index in [4.69, 9.17) is 0 Å². The Kier molecular flexibility index (Phi) is 4.81. The van der Waals surface area contributed by atoms with Gasteiger partial charge < -0.3 is 5.32 Å². The van der Waals surface area contributed by atoms with Gasteiger partial charge in [0.15, 0.2) is 0 Å². The van der Waals surface area contributed by atoms with Gasteiger partial charge in [-0.2, -0.15) is 0 Å². The van der Waals surface area contributed by atoms with Crippen molar-refractivity contribution < 1.29 is 0 Å². The molecule has 0 aromatic rings. The molecule has 15 heavy (non-hydrogen) atoms. The number of hydrogen-bond donors (Lipinski definition) is 1. The van der Waals surface area contributed by atoms with Gasteiger partial charge in [-0.3, -0.25) is 4.90 Å². The molecule has 0 amide bonds. The number of rotatable bonds is 7. The third-order valence-corrected chi connectivity index (χ3v) is 3.23. The van der Waals surface area contributed by atoms with Gasteiger partial charge in [0, 0.05) is 25.2 Å². The van der Waals surface area contributed by atoms with E-state index < -0.39 is 0 Å². The molecule has 1 saturated carbocycles. The van der Waals surface area contributed by atoms with Crippen LogP contribution < -0.4 is 5.32 Å². The summed E-state index contributed by atoms with van der Waals surface area (Å²) in [7, 11) is 2.21. The third-order valence-electron chi connectivity index (χ3n) is 3.23. The Bertz CT molecular complexity index is 207. The molecular formula is C13H26N2. The Labute approximate surface area is 94.7 Å². The first-order valence-electron chi connectivity index (χ1n) is 6.11. The first-order valence-corrected chi connectivity index (χ1v) is 6.11. The Hall–Kier alpha value is -0.340. The van der Waals surface area contributed by atoms with Crippen molar-refractivity contribution in [1.82, 2.24) is 10.2 Å². The van der Waals surface area contributed by atoms with Gasteiger partial charge in [-0.15, -0.1) is 0 Å². The molecule has 1 N–H and O–H groups in total. The first-order chi connectivity index (χ1) is 7.00. The molecule has 0 aromatic carbocycles. The summed E-state index contributed by atoms with van der Waals surface area (Å²) in [5, 5.41) is 3.41. The van der Waals surface area contributed by atoms with Crippen LogP contribution in [0.1, 0.15) is 33.6 Å². The molecular weight excluding hydrogens is 184 g/mol. The number of hydrogen-bond acceptors (Lipinski definition) is 2. The maximum atomic E-state index is 4.12. The van der Waals surface area contributed by atoms with Gasteiger partial charge in [0.05, 0.1) is 0 Å². The Morgan fingerprint density at radius 3 is 2.47 bits per heavy atom. The molecule has 2 nitrogen and oxygen atoms in total. The molecule has 1 fully saturated rings. The second-order valence-electron chi connectivity index (χ2n) is 5.28. The predicted molar refractivity (Wildman–Crippen MR) is 67.1 cm³/mol. The van der Waals surface area contributed by atoms with Gasteiger partial charge in [0.25, 0.3) is 0 Å². The average Bonchev–Trinajstić information content (AvgIpc) is 2.96. The lowest BCUT2D eigenvalue weighted by Gasteiger charge is -2.25.